The Morgan fingerprint density at radius 1 is 1.20 bits per heavy atom. The third-order valence-electron chi connectivity index (χ3n) is 4.39. The Morgan fingerprint density at radius 2 is 1.93 bits per heavy atom. The first kappa shape index (κ1) is 21.9. The maximum atomic E-state index is 12.4. The van der Waals surface area contributed by atoms with Crippen LogP contribution in [0.25, 0.3) is 17.0 Å². The Bertz CT molecular complexity index is 1110. The van der Waals surface area contributed by atoms with E-state index in [4.69, 9.17) is 33.7 Å². The largest absolute Gasteiger partial charge is 0.461 e. The van der Waals surface area contributed by atoms with E-state index in [0.29, 0.717) is 38.7 Å². The summed E-state index contributed by atoms with van der Waals surface area (Å²) in [5.41, 5.74) is 8.52. The number of halogens is 2. The molecule has 0 aliphatic heterocycles. The number of anilines is 1. The molecular weight excluding hydrogens is 425 g/mol. The molecule has 3 aromatic rings. The van der Waals surface area contributed by atoms with Crippen LogP contribution in [0.2, 0.25) is 10.0 Å². The molecule has 1 aromatic heterocycles. The van der Waals surface area contributed by atoms with Crippen molar-refractivity contribution in [3.05, 3.63) is 69.3 Å². The van der Waals surface area contributed by atoms with E-state index < -0.39 is 5.97 Å². The third-order valence-corrected chi connectivity index (χ3v) is 4.91. The first-order valence-corrected chi connectivity index (χ1v) is 10.1. The summed E-state index contributed by atoms with van der Waals surface area (Å²) in [4.78, 5) is 27.8. The Balaban J connectivity index is 1.89. The van der Waals surface area contributed by atoms with E-state index in [9.17, 15) is 9.59 Å². The van der Waals surface area contributed by atoms with Gasteiger partial charge in [0.15, 0.2) is 0 Å². The minimum absolute atomic E-state index is 0.200. The number of rotatable bonds is 7. The standard InChI is InChI=1S/C22H21Cl2N3O3/c1-2-30-22(29)21-16(20-17(24)11-14(23)12-18(20)27-21)7-8-19(28)26-15-5-3-13(4-6-15)9-10-25/h3-8,11-12,27H,2,9-10,25H2,1H3,(H,26,28)/b8-7+. The van der Waals surface area contributed by atoms with Gasteiger partial charge in [-0.25, -0.2) is 4.79 Å². The van der Waals surface area contributed by atoms with Crippen molar-refractivity contribution in [3.63, 3.8) is 0 Å². The number of carbonyl (C=O) groups is 2. The highest BCUT2D eigenvalue weighted by atomic mass is 35.5. The molecule has 0 aliphatic carbocycles. The zero-order valence-corrected chi connectivity index (χ0v) is 17.8. The third kappa shape index (κ3) is 5.02. The quantitative estimate of drug-likeness (QED) is 0.359. The highest BCUT2D eigenvalue weighted by Crippen LogP contribution is 2.33. The SMILES string of the molecule is CCOC(=O)c1[nH]c2cc(Cl)cc(Cl)c2c1/C=C/C(=O)Nc1ccc(CCN)cc1. The Kier molecular flexibility index (Phi) is 7.15. The van der Waals surface area contributed by atoms with Gasteiger partial charge in [0.1, 0.15) is 5.69 Å². The molecule has 1 heterocycles. The molecule has 0 fully saturated rings. The summed E-state index contributed by atoms with van der Waals surface area (Å²) in [6.45, 7) is 2.49. The number of esters is 1. The summed E-state index contributed by atoms with van der Waals surface area (Å²) in [6, 6.07) is 10.7. The van der Waals surface area contributed by atoms with Crippen LogP contribution in [-0.4, -0.2) is 30.0 Å². The summed E-state index contributed by atoms with van der Waals surface area (Å²) in [6.07, 6.45) is 3.64. The average molecular weight is 446 g/mol. The van der Waals surface area contributed by atoms with Gasteiger partial charge in [0.25, 0.3) is 0 Å². The molecule has 0 radical (unpaired) electrons. The van der Waals surface area contributed by atoms with Crippen LogP contribution in [0.1, 0.15) is 28.5 Å². The molecule has 0 aliphatic rings. The molecule has 4 N–H and O–H groups in total. The van der Waals surface area contributed by atoms with Crippen LogP contribution >= 0.6 is 23.2 Å². The fraction of sp³-hybridized carbons (Fsp3) is 0.182. The summed E-state index contributed by atoms with van der Waals surface area (Å²) < 4.78 is 5.11. The van der Waals surface area contributed by atoms with Crippen LogP contribution in [0.5, 0.6) is 0 Å². The van der Waals surface area contributed by atoms with Crippen LogP contribution in [-0.2, 0) is 16.0 Å². The van der Waals surface area contributed by atoms with Crippen molar-refractivity contribution in [2.45, 2.75) is 13.3 Å². The van der Waals surface area contributed by atoms with E-state index in [1.807, 2.05) is 24.3 Å². The fourth-order valence-corrected chi connectivity index (χ4v) is 3.66. The minimum atomic E-state index is -0.545. The molecule has 1 amide bonds. The topological polar surface area (TPSA) is 97.2 Å². The van der Waals surface area contributed by atoms with E-state index in [0.717, 1.165) is 12.0 Å². The van der Waals surface area contributed by atoms with Gasteiger partial charge >= 0.3 is 5.97 Å². The molecule has 6 nitrogen and oxygen atoms in total. The smallest absolute Gasteiger partial charge is 0.355 e. The van der Waals surface area contributed by atoms with E-state index in [1.165, 1.54) is 12.2 Å². The number of amides is 1. The van der Waals surface area contributed by atoms with Crippen molar-refractivity contribution in [2.24, 2.45) is 5.73 Å². The molecule has 8 heteroatoms. The van der Waals surface area contributed by atoms with Crippen LogP contribution in [0.3, 0.4) is 0 Å². The number of aromatic nitrogens is 1. The van der Waals surface area contributed by atoms with E-state index >= 15 is 0 Å². The average Bonchev–Trinajstić information content (AvgIpc) is 3.07. The minimum Gasteiger partial charge on any atom is -0.461 e. The second-order valence-corrected chi connectivity index (χ2v) is 7.35. The normalized spacial score (nSPS) is 11.2. The molecule has 2 aromatic carbocycles. The fourth-order valence-electron chi connectivity index (χ4n) is 3.07. The van der Waals surface area contributed by atoms with Crippen molar-refractivity contribution < 1.29 is 14.3 Å². The van der Waals surface area contributed by atoms with Gasteiger partial charge in [-0.1, -0.05) is 35.3 Å². The lowest BCUT2D eigenvalue weighted by Gasteiger charge is -2.04. The second kappa shape index (κ2) is 9.80. The maximum absolute atomic E-state index is 12.4. The highest BCUT2D eigenvalue weighted by Gasteiger charge is 2.19. The van der Waals surface area contributed by atoms with Crippen molar-refractivity contribution in [1.29, 1.82) is 0 Å². The number of hydrogen-bond acceptors (Lipinski definition) is 4. The van der Waals surface area contributed by atoms with Crippen molar-refractivity contribution in [1.82, 2.24) is 4.98 Å². The van der Waals surface area contributed by atoms with E-state index in [2.05, 4.69) is 10.3 Å². The number of ether oxygens (including phenoxy) is 1. The number of aromatic amines is 1. The lowest BCUT2D eigenvalue weighted by molar-refractivity contribution is -0.111. The van der Waals surface area contributed by atoms with Crippen molar-refractivity contribution in [3.8, 4) is 0 Å². The molecule has 0 bridgehead atoms. The number of nitrogens with two attached hydrogens (primary N) is 1. The number of carbonyl (C=O) groups excluding carboxylic acids is 2. The summed E-state index contributed by atoms with van der Waals surface area (Å²) >= 11 is 12.4. The molecule has 3 rings (SSSR count). The summed E-state index contributed by atoms with van der Waals surface area (Å²) in [7, 11) is 0. The Labute approximate surface area is 184 Å². The van der Waals surface area contributed by atoms with Crippen molar-refractivity contribution in [2.75, 3.05) is 18.5 Å². The number of benzene rings is 2. The van der Waals surface area contributed by atoms with Gasteiger partial charge in [-0.2, -0.15) is 0 Å². The number of H-pyrrole nitrogens is 1. The first-order valence-electron chi connectivity index (χ1n) is 9.38. The number of nitrogens with one attached hydrogen (secondary N) is 2. The van der Waals surface area contributed by atoms with Gasteiger partial charge in [0.2, 0.25) is 5.91 Å². The van der Waals surface area contributed by atoms with Crippen LogP contribution < -0.4 is 11.1 Å². The predicted octanol–water partition coefficient (Wildman–Crippen LogP) is 4.80. The number of fused-ring (bicyclic) bond motifs is 1. The van der Waals surface area contributed by atoms with Gasteiger partial charge < -0.3 is 20.8 Å². The van der Waals surface area contributed by atoms with E-state index in [1.54, 1.807) is 19.1 Å². The van der Waals surface area contributed by atoms with Crippen LogP contribution in [0.4, 0.5) is 5.69 Å². The van der Waals surface area contributed by atoms with Gasteiger partial charge in [-0.3, -0.25) is 4.79 Å². The van der Waals surface area contributed by atoms with Crippen LogP contribution in [0.15, 0.2) is 42.5 Å². The summed E-state index contributed by atoms with van der Waals surface area (Å²) in [5, 5.41) is 4.15. The molecular formula is C22H21Cl2N3O3. The molecule has 0 saturated heterocycles. The van der Waals surface area contributed by atoms with Gasteiger partial charge in [0.05, 0.1) is 11.6 Å². The molecule has 0 unspecified atom stereocenters. The zero-order chi connectivity index (χ0) is 21.7. The lowest BCUT2D eigenvalue weighted by atomic mass is 10.1. The van der Waals surface area contributed by atoms with Gasteiger partial charge in [-0.05, 0) is 55.8 Å². The lowest BCUT2D eigenvalue weighted by Crippen LogP contribution is -2.09. The highest BCUT2D eigenvalue weighted by molar-refractivity contribution is 6.39. The Morgan fingerprint density at radius 3 is 2.60 bits per heavy atom. The Hall–Kier alpha value is -2.80. The molecule has 0 spiro atoms. The van der Waals surface area contributed by atoms with E-state index in [-0.39, 0.29) is 18.2 Å². The van der Waals surface area contributed by atoms with Gasteiger partial charge in [0, 0.05) is 33.3 Å². The molecule has 0 saturated carbocycles. The summed E-state index contributed by atoms with van der Waals surface area (Å²) in [5.74, 6) is -0.896. The van der Waals surface area contributed by atoms with Crippen LogP contribution in [0, 0.1) is 0 Å². The predicted molar refractivity (Wildman–Crippen MR) is 121 cm³/mol. The molecule has 156 valence electrons. The maximum Gasteiger partial charge on any atom is 0.355 e. The molecule has 0 atom stereocenters. The monoisotopic (exact) mass is 445 g/mol. The number of hydrogen-bond donors (Lipinski definition) is 3. The van der Waals surface area contributed by atoms with Crippen molar-refractivity contribution >= 4 is 57.7 Å². The van der Waals surface area contributed by atoms with Gasteiger partial charge in [-0.15, -0.1) is 0 Å². The first-order chi connectivity index (χ1) is 14.4. The zero-order valence-electron chi connectivity index (χ0n) is 16.3. The second-order valence-electron chi connectivity index (χ2n) is 6.50. The molecule has 30 heavy (non-hydrogen) atoms.